The maximum atomic E-state index is 6.43. The summed E-state index contributed by atoms with van der Waals surface area (Å²) in [4.78, 5) is 0. The van der Waals surface area contributed by atoms with E-state index in [2.05, 4.69) is 22.6 Å². The summed E-state index contributed by atoms with van der Waals surface area (Å²) in [6.45, 7) is 0. The molecule has 0 spiro atoms. The van der Waals surface area contributed by atoms with Gasteiger partial charge >= 0.3 is 0 Å². The van der Waals surface area contributed by atoms with Crippen molar-refractivity contribution in [2.45, 2.75) is 5.38 Å². The second kappa shape index (κ2) is 6.19. The van der Waals surface area contributed by atoms with E-state index in [0.29, 0.717) is 15.1 Å². The van der Waals surface area contributed by atoms with E-state index in [1.54, 1.807) is 18.2 Å². The number of rotatable bonds is 2. The fraction of sp³-hybridized carbons (Fsp3) is 0.0769. The Bertz CT molecular complexity index is 583. The second-order valence-corrected chi connectivity index (χ2v) is 6.55. The summed E-state index contributed by atoms with van der Waals surface area (Å²) in [6.07, 6.45) is 0. The van der Waals surface area contributed by atoms with Gasteiger partial charge in [0.1, 0.15) is 0 Å². The Morgan fingerprint density at radius 1 is 0.889 bits per heavy atom. The molecule has 0 aliphatic heterocycles. The van der Waals surface area contributed by atoms with E-state index < -0.39 is 0 Å². The average molecular weight is 432 g/mol. The highest BCUT2D eigenvalue weighted by Gasteiger charge is 2.15. The summed E-state index contributed by atoms with van der Waals surface area (Å²) in [7, 11) is 0. The first-order valence-corrected chi connectivity index (χ1v) is 7.68. The van der Waals surface area contributed by atoms with Gasteiger partial charge < -0.3 is 0 Å². The molecule has 0 radical (unpaired) electrons. The maximum absolute atomic E-state index is 6.43. The predicted octanol–water partition coefficient (Wildman–Crippen LogP) is 6.58. The van der Waals surface area contributed by atoms with Gasteiger partial charge in [0.2, 0.25) is 0 Å². The van der Waals surface area contributed by atoms with Crippen LogP contribution in [0.3, 0.4) is 0 Å². The SMILES string of the molecule is Clc1ccc(Cl)c(C(Cl)c2ccc(I)c(Cl)c2)c1. The van der Waals surface area contributed by atoms with Crippen LogP contribution in [-0.4, -0.2) is 0 Å². The van der Waals surface area contributed by atoms with Crippen LogP contribution in [0.15, 0.2) is 36.4 Å². The minimum Gasteiger partial charge on any atom is -0.113 e. The lowest BCUT2D eigenvalue weighted by Gasteiger charge is -2.13. The minimum atomic E-state index is -0.370. The van der Waals surface area contributed by atoms with Gasteiger partial charge in [0.15, 0.2) is 0 Å². The van der Waals surface area contributed by atoms with Crippen LogP contribution in [0.2, 0.25) is 15.1 Å². The van der Waals surface area contributed by atoms with Gasteiger partial charge in [-0.2, -0.15) is 0 Å². The quantitative estimate of drug-likeness (QED) is 0.372. The lowest BCUT2D eigenvalue weighted by molar-refractivity contribution is 1.14. The molecule has 0 saturated heterocycles. The Morgan fingerprint density at radius 2 is 1.61 bits per heavy atom. The maximum Gasteiger partial charge on any atom is 0.0850 e. The standard InChI is InChI=1S/C13H7Cl4I/c14-8-2-3-10(15)9(6-8)13(17)7-1-4-12(18)11(16)5-7/h1-6,13H. The Hall–Kier alpha value is 0.330. The topological polar surface area (TPSA) is 0 Å². The van der Waals surface area contributed by atoms with Crippen molar-refractivity contribution in [2.75, 3.05) is 0 Å². The third-order valence-corrected chi connectivity index (χ3v) is 5.11. The van der Waals surface area contributed by atoms with E-state index >= 15 is 0 Å². The summed E-state index contributed by atoms with van der Waals surface area (Å²) in [5.74, 6) is 0. The Labute approximate surface area is 139 Å². The molecule has 2 aromatic carbocycles. The zero-order valence-electron chi connectivity index (χ0n) is 8.93. The molecule has 0 aliphatic rings. The molecule has 2 rings (SSSR count). The van der Waals surface area contributed by atoms with Gasteiger partial charge in [0, 0.05) is 13.6 Å². The zero-order valence-corrected chi connectivity index (χ0v) is 14.1. The van der Waals surface area contributed by atoms with Crippen molar-refractivity contribution in [1.29, 1.82) is 0 Å². The molecular formula is C13H7Cl4I. The predicted molar refractivity (Wildman–Crippen MR) is 88.3 cm³/mol. The van der Waals surface area contributed by atoms with E-state index in [9.17, 15) is 0 Å². The molecular weight excluding hydrogens is 425 g/mol. The molecule has 0 aliphatic carbocycles. The van der Waals surface area contributed by atoms with Crippen LogP contribution in [0.5, 0.6) is 0 Å². The minimum absolute atomic E-state index is 0.370. The first-order chi connectivity index (χ1) is 8.49. The van der Waals surface area contributed by atoms with Crippen molar-refractivity contribution in [2.24, 2.45) is 0 Å². The summed E-state index contributed by atoms with van der Waals surface area (Å²) in [6, 6.07) is 10.9. The molecule has 94 valence electrons. The average Bonchev–Trinajstić information content (AvgIpc) is 2.35. The lowest BCUT2D eigenvalue weighted by Crippen LogP contribution is -1.95. The van der Waals surface area contributed by atoms with Gasteiger partial charge in [-0.05, 0) is 64.0 Å². The van der Waals surface area contributed by atoms with E-state index in [1.807, 2.05) is 18.2 Å². The number of hydrogen-bond donors (Lipinski definition) is 0. The van der Waals surface area contributed by atoms with E-state index in [-0.39, 0.29) is 5.38 Å². The van der Waals surface area contributed by atoms with Gasteiger partial charge in [0.05, 0.1) is 10.4 Å². The number of hydrogen-bond acceptors (Lipinski definition) is 0. The molecule has 2 aromatic rings. The van der Waals surface area contributed by atoms with Crippen molar-refractivity contribution >= 4 is 69.0 Å². The molecule has 18 heavy (non-hydrogen) atoms. The first kappa shape index (κ1) is 14.7. The largest absolute Gasteiger partial charge is 0.113 e. The molecule has 0 nitrogen and oxygen atoms in total. The Balaban J connectivity index is 2.44. The van der Waals surface area contributed by atoms with Crippen LogP contribution in [0.4, 0.5) is 0 Å². The molecule has 0 aromatic heterocycles. The molecule has 5 heteroatoms. The van der Waals surface area contributed by atoms with Gasteiger partial charge in [-0.1, -0.05) is 40.9 Å². The smallest absolute Gasteiger partial charge is 0.0850 e. The molecule has 0 saturated carbocycles. The van der Waals surface area contributed by atoms with Crippen LogP contribution < -0.4 is 0 Å². The molecule has 0 bridgehead atoms. The highest BCUT2D eigenvalue weighted by molar-refractivity contribution is 14.1. The fourth-order valence-electron chi connectivity index (χ4n) is 1.56. The Kier molecular flexibility index (Phi) is 5.06. The summed E-state index contributed by atoms with van der Waals surface area (Å²) < 4.78 is 0.985. The van der Waals surface area contributed by atoms with Crippen molar-refractivity contribution < 1.29 is 0 Å². The summed E-state index contributed by atoms with van der Waals surface area (Å²) in [5, 5.41) is 1.51. The summed E-state index contributed by atoms with van der Waals surface area (Å²) in [5.41, 5.74) is 1.68. The van der Waals surface area contributed by atoms with Gasteiger partial charge in [0.25, 0.3) is 0 Å². The molecule has 1 atom stereocenters. The van der Waals surface area contributed by atoms with Gasteiger partial charge in [-0.3, -0.25) is 0 Å². The molecule has 0 heterocycles. The monoisotopic (exact) mass is 430 g/mol. The van der Waals surface area contributed by atoms with E-state index in [1.165, 1.54) is 0 Å². The van der Waals surface area contributed by atoms with Crippen molar-refractivity contribution in [3.63, 3.8) is 0 Å². The molecule has 0 amide bonds. The normalized spacial score (nSPS) is 12.5. The highest BCUT2D eigenvalue weighted by Crippen LogP contribution is 2.36. The zero-order chi connectivity index (χ0) is 13.3. The van der Waals surface area contributed by atoms with Crippen molar-refractivity contribution in [3.8, 4) is 0 Å². The van der Waals surface area contributed by atoms with Crippen LogP contribution >= 0.6 is 69.0 Å². The third kappa shape index (κ3) is 3.26. The van der Waals surface area contributed by atoms with Crippen LogP contribution in [0.25, 0.3) is 0 Å². The van der Waals surface area contributed by atoms with Gasteiger partial charge in [-0.25, -0.2) is 0 Å². The van der Waals surface area contributed by atoms with E-state index in [4.69, 9.17) is 46.4 Å². The van der Waals surface area contributed by atoms with E-state index in [0.717, 1.165) is 14.7 Å². The van der Waals surface area contributed by atoms with Gasteiger partial charge in [-0.15, -0.1) is 11.6 Å². The number of halogens is 5. The number of benzene rings is 2. The highest BCUT2D eigenvalue weighted by atomic mass is 127. The molecule has 1 unspecified atom stereocenters. The van der Waals surface area contributed by atoms with Crippen molar-refractivity contribution in [3.05, 3.63) is 66.2 Å². The lowest BCUT2D eigenvalue weighted by atomic mass is 10.0. The van der Waals surface area contributed by atoms with Crippen LogP contribution in [0.1, 0.15) is 16.5 Å². The second-order valence-electron chi connectivity index (χ2n) is 3.70. The fourth-order valence-corrected chi connectivity index (χ4v) is 2.86. The van der Waals surface area contributed by atoms with Crippen LogP contribution in [-0.2, 0) is 0 Å². The molecule has 0 N–H and O–H groups in total. The van der Waals surface area contributed by atoms with Crippen LogP contribution in [0, 0.1) is 3.57 Å². The third-order valence-electron chi connectivity index (χ3n) is 2.47. The van der Waals surface area contributed by atoms with Crippen molar-refractivity contribution in [1.82, 2.24) is 0 Å². The Morgan fingerprint density at radius 3 is 2.28 bits per heavy atom. The first-order valence-electron chi connectivity index (χ1n) is 5.03. The molecule has 0 fully saturated rings. The summed E-state index contributed by atoms with van der Waals surface area (Å²) >= 11 is 26.8. The number of alkyl halides is 1.